The molecule has 3 N–H and O–H groups in total. The van der Waals surface area contributed by atoms with Crippen molar-refractivity contribution in [3.8, 4) is 0 Å². The molecule has 0 aliphatic heterocycles. The van der Waals surface area contributed by atoms with Crippen molar-refractivity contribution in [2.24, 2.45) is 5.84 Å². The molecule has 6 nitrogen and oxygen atoms in total. The first kappa shape index (κ1) is 15.6. The molecular formula is C12H19BrN6S. The first-order valence-corrected chi connectivity index (χ1v) is 8.27. The lowest BCUT2D eigenvalue weighted by Crippen LogP contribution is -2.31. The number of aryl methyl sites for hydroxylation is 2. The highest BCUT2D eigenvalue weighted by molar-refractivity contribution is 9.10. The van der Waals surface area contributed by atoms with Gasteiger partial charge < -0.3 is 0 Å². The van der Waals surface area contributed by atoms with Crippen LogP contribution in [-0.4, -0.2) is 19.4 Å². The molecule has 2 aromatic heterocycles. The van der Waals surface area contributed by atoms with Gasteiger partial charge in [-0.15, -0.1) is 5.10 Å². The molecule has 0 radical (unpaired) electrons. The minimum atomic E-state index is -0.139. The first-order chi connectivity index (χ1) is 9.72. The molecule has 20 heavy (non-hydrogen) atoms. The maximum atomic E-state index is 5.79. The summed E-state index contributed by atoms with van der Waals surface area (Å²) in [6, 6.07) is -0.139. The van der Waals surface area contributed by atoms with Gasteiger partial charge in [-0.05, 0) is 40.3 Å². The topological polar surface area (TPSA) is 81.7 Å². The van der Waals surface area contributed by atoms with E-state index in [2.05, 4.69) is 49.9 Å². The van der Waals surface area contributed by atoms with Gasteiger partial charge in [0.2, 0.25) is 0 Å². The van der Waals surface area contributed by atoms with E-state index in [0.717, 1.165) is 46.5 Å². The normalized spacial score (nSPS) is 12.8. The standard InChI is InChI=1S/C12H19BrN6S/c1-3-5-9-12(20-18-17-9)10(16-14)11-8(13)7-15-19(11)6-4-2/h7,10,16H,3-6,14H2,1-2H3. The lowest BCUT2D eigenvalue weighted by Gasteiger charge is -2.17. The van der Waals surface area contributed by atoms with Crippen molar-refractivity contribution in [2.75, 3.05) is 0 Å². The molecule has 8 heteroatoms. The van der Waals surface area contributed by atoms with Gasteiger partial charge in [0, 0.05) is 6.54 Å². The second-order valence-electron chi connectivity index (χ2n) is 4.53. The van der Waals surface area contributed by atoms with Gasteiger partial charge >= 0.3 is 0 Å². The fourth-order valence-electron chi connectivity index (χ4n) is 2.17. The van der Waals surface area contributed by atoms with Crippen LogP contribution in [0.4, 0.5) is 0 Å². The highest BCUT2D eigenvalue weighted by Gasteiger charge is 2.25. The van der Waals surface area contributed by atoms with Gasteiger partial charge in [0.15, 0.2) is 0 Å². The molecule has 2 rings (SSSR count). The van der Waals surface area contributed by atoms with Crippen LogP contribution in [0.25, 0.3) is 0 Å². The van der Waals surface area contributed by atoms with Crippen molar-refractivity contribution in [3.63, 3.8) is 0 Å². The summed E-state index contributed by atoms with van der Waals surface area (Å²) in [4.78, 5) is 1.06. The molecular weight excluding hydrogens is 340 g/mol. The van der Waals surface area contributed by atoms with Gasteiger partial charge in [0.25, 0.3) is 0 Å². The maximum Gasteiger partial charge on any atom is 0.102 e. The molecule has 0 aromatic carbocycles. The van der Waals surface area contributed by atoms with E-state index in [4.69, 9.17) is 5.84 Å². The second-order valence-corrected chi connectivity index (χ2v) is 6.17. The van der Waals surface area contributed by atoms with Crippen molar-refractivity contribution in [1.29, 1.82) is 0 Å². The van der Waals surface area contributed by atoms with E-state index in [1.165, 1.54) is 11.5 Å². The minimum Gasteiger partial charge on any atom is -0.270 e. The Hall–Kier alpha value is -0.830. The van der Waals surface area contributed by atoms with E-state index in [-0.39, 0.29) is 6.04 Å². The summed E-state index contributed by atoms with van der Waals surface area (Å²) < 4.78 is 7.00. The maximum absolute atomic E-state index is 5.79. The van der Waals surface area contributed by atoms with E-state index >= 15 is 0 Å². The summed E-state index contributed by atoms with van der Waals surface area (Å²) in [5.74, 6) is 5.79. The number of hydrogen-bond acceptors (Lipinski definition) is 6. The van der Waals surface area contributed by atoms with Crippen molar-refractivity contribution in [1.82, 2.24) is 24.8 Å². The van der Waals surface area contributed by atoms with Crippen LogP contribution in [0.15, 0.2) is 10.7 Å². The molecule has 0 bridgehead atoms. The van der Waals surface area contributed by atoms with E-state index in [0.29, 0.717) is 0 Å². The molecule has 2 heterocycles. The van der Waals surface area contributed by atoms with E-state index in [9.17, 15) is 0 Å². The van der Waals surface area contributed by atoms with Crippen LogP contribution in [0, 0.1) is 0 Å². The number of hydrazine groups is 1. The Labute approximate surface area is 131 Å². The summed E-state index contributed by atoms with van der Waals surface area (Å²) in [7, 11) is 0. The van der Waals surface area contributed by atoms with Crippen molar-refractivity contribution >= 4 is 27.5 Å². The Balaban J connectivity index is 2.41. The summed E-state index contributed by atoms with van der Waals surface area (Å²) in [5.41, 5.74) is 4.92. The van der Waals surface area contributed by atoms with Crippen LogP contribution in [0.5, 0.6) is 0 Å². The molecule has 0 fully saturated rings. The first-order valence-electron chi connectivity index (χ1n) is 6.71. The Morgan fingerprint density at radius 3 is 2.90 bits per heavy atom. The molecule has 0 saturated carbocycles. The van der Waals surface area contributed by atoms with Crippen molar-refractivity contribution < 1.29 is 0 Å². The van der Waals surface area contributed by atoms with E-state index in [1.54, 1.807) is 0 Å². The van der Waals surface area contributed by atoms with Crippen LogP contribution in [-0.2, 0) is 13.0 Å². The Kier molecular flexibility index (Phi) is 5.64. The Bertz CT molecular complexity index is 552. The molecule has 110 valence electrons. The third-order valence-electron chi connectivity index (χ3n) is 3.04. The molecule has 0 aliphatic rings. The Morgan fingerprint density at radius 1 is 1.45 bits per heavy atom. The van der Waals surface area contributed by atoms with Crippen molar-refractivity contribution in [3.05, 3.63) is 26.9 Å². The number of rotatable bonds is 7. The van der Waals surface area contributed by atoms with Crippen LogP contribution >= 0.6 is 27.5 Å². The lowest BCUT2D eigenvalue weighted by molar-refractivity contribution is 0.520. The number of halogens is 1. The number of aromatic nitrogens is 4. The SMILES string of the molecule is CCCc1nnsc1C(NN)c1c(Br)cnn1CCC. The van der Waals surface area contributed by atoms with E-state index < -0.39 is 0 Å². The zero-order valence-corrected chi connectivity index (χ0v) is 14.0. The fraction of sp³-hybridized carbons (Fsp3) is 0.583. The summed E-state index contributed by atoms with van der Waals surface area (Å²) in [6.07, 6.45) is 4.76. The number of nitrogens with one attached hydrogen (secondary N) is 1. The summed E-state index contributed by atoms with van der Waals surface area (Å²) >= 11 is 4.95. The van der Waals surface area contributed by atoms with Gasteiger partial charge in [-0.3, -0.25) is 10.5 Å². The van der Waals surface area contributed by atoms with Crippen LogP contribution in [0.1, 0.15) is 49.0 Å². The van der Waals surface area contributed by atoms with Gasteiger partial charge in [-0.1, -0.05) is 24.8 Å². The predicted molar refractivity (Wildman–Crippen MR) is 83.3 cm³/mol. The zero-order chi connectivity index (χ0) is 14.5. The quantitative estimate of drug-likeness (QED) is 0.586. The average molecular weight is 359 g/mol. The lowest BCUT2D eigenvalue weighted by atomic mass is 10.1. The number of nitrogens with two attached hydrogens (primary N) is 1. The average Bonchev–Trinajstić information content (AvgIpc) is 3.02. The van der Waals surface area contributed by atoms with Gasteiger partial charge in [-0.2, -0.15) is 5.10 Å². The van der Waals surface area contributed by atoms with Crippen LogP contribution < -0.4 is 11.3 Å². The van der Waals surface area contributed by atoms with Gasteiger partial charge in [-0.25, -0.2) is 5.43 Å². The third-order valence-corrected chi connectivity index (χ3v) is 4.49. The smallest absolute Gasteiger partial charge is 0.102 e. The van der Waals surface area contributed by atoms with Crippen molar-refractivity contribution in [2.45, 2.75) is 45.7 Å². The highest BCUT2D eigenvalue weighted by atomic mass is 79.9. The minimum absolute atomic E-state index is 0.139. The van der Waals surface area contributed by atoms with Crippen LogP contribution in [0.2, 0.25) is 0 Å². The molecule has 0 amide bonds. The number of hydrogen-bond donors (Lipinski definition) is 2. The largest absolute Gasteiger partial charge is 0.270 e. The monoisotopic (exact) mass is 358 g/mol. The molecule has 0 aliphatic carbocycles. The molecule has 0 spiro atoms. The second kappa shape index (κ2) is 7.26. The third kappa shape index (κ3) is 3.08. The fourth-order valence-corrected chi connectivity index (χ4v) is 3.46. The van der Waals surface area contributed by atoms with Gasteiger partial charge in [0.05, 0.1) is 26.9 Å². The molecule has 0 saturated heterocycles. The molecule has 1 atom stereocenters. The van der Waals surface area contributed by atoms with Gasteiger partial charge in [0.1, 0.15) is 6.04 Å². The highest BCUT2D eigenvalue weighted by Crippen LogP contribution is 2.31. The predicted octanol–water partition coefficient (Wildman–Crippen LogP) is 2.41. The summed E-state index contributed by atoms with van der Waals surface area (Å²) in [6.45, 7) is 5.11. The molecule has 2 aromatic rings. The molecule has 1 unspecified atom stereocenters. The Morgan fingerprint density at radius 2 is 2.25 bits per heavy atom. The van der Waals surface area contributed by atoms with Crippen LogP contribution in [0.3, 0.4) is 0 Å². The summed E-state index contributed by atoms with van der Waals surface area (Å²) in [5, 5.41) is 8.62. The zero-order valence-electron chi connectivity index (χ0n) is 11.6. The van der Waals surface area contributed by atoms with E-state index in [1.807, 2.05) is 10.9 Å². The number of nitrogens with zero attached hydrogens (tertiary/aromatic N) is 4.